The zero-order chi connectivity index (χ0) is 22.9. The predicted octanol–water partition coefficient (Wildman–Crippen LogP) is 4.27. The van der Waals surface area contributed by atoms with Crippen LogP contribution in [-0.2, 0) is 6.54 Å². The number of aromatic nitrogens is 1. The van der Waals surface area contributed by atoms with Crippen LogP contribution in [0.5, 0.6) is 0 Å². The van der Waals surface area contributed by atoms with Crippen molar-refractivity contribution >= 4 is 17.5 Å². The molecule has 0 saturated carbocycles. The van der Waals surface area contributed by atoms with Crippen LogP contribution in [0.3, 0.4) is 0 Å². The largest absolute Gasteiger partial charge is 0.466 e. The number of furan rings is 1. The summed E-state index contributed by atoms with van der Waals surface area (Å²) in [5.41, 5.74) is 2.28. The molecular weight excluding hydrogens is 404 g/mol. The Morgan fingerprint density at radius 2 is 1.94 bits per heavy atom. The highest BCUT2D eigenvalue weighted by molar-refractivity contribution is 6.04. The van der Waals surface area contributed by atoms with E-state index in [1.54, 1.807) is 30.5 Å². The van der Waals surface area contributed by atoms with Crippen molar-refractivity contribution in [1.82, 2.24) is 15.6 Å². The molecule has 0 radical (unpaired) electrons. The fourth-order valence-corrected chi connectivity index (χ4v) is 3.36. The van der Waals surface area contributed by atoms with Gasteiger partial charge in [0.2, 0.25) is 0 Å². The Hall–Kier alpha value is -3.45. The fourth-order valence-electron chi connectivity index (χ4n) is 3.36. The number of hydrogen-bond donors (Lipinski definition) is 3. The van der Waals surface area contributed by atoms with Gasteiger partial charge in [-0.25, -0.2) is 0 Å². The van der Waals surface area contributed by atoms with Gasteiger partial charge in [-0.1, -0.05) is 13.0 Å². The molecule has 2 amide bonds. The van der Waals surface area contributed by atoms with Crippen LogP contribution in [0.15, 0.2) is 59.1 Å². The quantitative estimate of drug-likeness (QED) is 0.414. The van der Waals surface area contributed by atoms with Gasteiger partial charge in [0.05, 0.1) is 0 Å². The van der Waals surface area contributed by atoms with Crippen LogP contribution in [0.2, 0.25) is 0 Å². The molecule has 1 atom stereocenters. The van der Waals surface area contributed by atoms with Gasteiger partial charge >= 0.3 is 0 Å². The van der Waals surface area contributed by atoms with E-state index in [-0.39, 0.29) is 11.8 Å². The molecule has 0 aliphatic rings. The second-order valence-corrected chi connectivity index (χ2v) is 7.76. The number of anilines is 1. The highest BCUT2D eigenvalue weighted by atomic mass is 16.3. The van der Waals surface area contributed by atoms with Crippen molar-refractivity contribution in [3.05, 3.63) is 83.1 Å². The highest BCUT2D eigenvalue weighted by Gasteiger charge is 2.13. The second-order valence-electron chi connectivity index (χ2n) is 7.76. The number of carbonyl (C=O) groups is 2. The van der Waals surface area contributed by atoms with E-state index in [2.05, 4.69) is 27.9 Å². The van der Waals surface area contributed by atoms with Gasteiger partial charge in [0, 0.05) is 36.5 Å². The van der Waals surface area contributed by atoms with Crippen LogP contribution in [0.1, 0.15) is 64.1 Å². The van der Waals surface area contributed by atoms with E-state index in [9.17, 15) is 9.59 Å². The summed E-state index contributed by atoms with van der Waals surface area (Å²) >= 11 is 0. The van der Waals surface area contributed by atoms with Crippen LogP contribution >= 0.6 is 0 Å². The zero-order valence-electron chi connectivity index (χ0n) is 18.8. The van der Waals surface area contributed by atoms with Crippen LogP contribution in [0.25, 0.3) is 0 Å². The Kier molecular flexibility index (Phi) is 8.16. The van der Waals surface area contributed by atoms with E-state index in [4.69, 9.17) is 4.42 Å². The standard InChI is InChI=1S/C25H30N4O3/c1-4-27-24(30)20-13-19(16-26-12-10-17(2)23-9-8-18(3)32-23)14-21(15-20)29-25(31)22-7-5-6-11-28-22/h5-9,11,13-15,17,26H,4,10,12,16H2,1-3H3,(H,27,30)(H,29,31)/t17-/m1/s1. The summed E-state index contributed by atoms with van der Waals surface area (Å²) in [5, 5.41) is 9.08. The molecule has 32 heavy (non-hydrogen) atoms. The summed E-state index contributed by atoms with van der Waals surface area (Å²) in [4.78, 5) is 29.0. The Morgan fingerprint density at radius 3 is 2.62 bits per heavy atom. The van der Waals surface area contributed by atoms with Gasteiger partial charge < -0.3 is 20.4 Å². The topological polar surface area (TPSA) is 96.3 Å². The molecule has 7 heteroatoms. The first-order chi connectivity index (χ1) is 15.5. The van der Waals surface area contributed by atoms with E-state index >= 15 is 0 Å². The third-order valence-electron chi connectivity index (χ3n) is 5.08. The normalized spacial score (nSPS) is 11.7. The lowest BCUT2D eigenvalue weighted by Gasteiger charge is -2.13. The van der Waals surface area contributed by atoms with Gasteiger partial charge in [-0.3, -0.25) is 14.6 Å². The summed E-state index contributed by atoms with van der Waals surface area (Å²) < 4.78 is 5.70. The first-order valence-corrected chi connectivity index (χ1v) is 10.9. The van der Waals surface area contributed by atoms with Gasteiger partial charge in [-0.05, 0) is 74.8 Å². The number of carbonyl (C=O) groups excluding carboxylic acids is 2. The number of nitrogens with zero attached hydrogens (tertiary/aromatic N) is 1. The molecule has 3 rings (SSSR count). The fraction of sp³-hybridized carbons (Fsp3) is 0.320. The number of rotatable bonds is 10. The maximum Gasteiger partial charge on any atom is 0.274 e. The van der Waals surface area contributed by atoms with Gasteiger partial charge in [0.15, 0.2) is 0 Å². The molecule has 2 aromatic heterocycles. The molecule has 0 fully saturated rings. The van der Waals surface area contributed by atoms with Crippen molar-refractivity contribution in [2.24, 2.45) is 0 Å². The molecule has 3 N–H and O–H groups in total. The number of aryl methyl sites for hydroxylation is 1. The molecular formula is C25H30N4O3. The maximum atomic E-state index is 12.5. The monoisotopic (exact) mass is 434 g/mol. The maximum absolute atomic E-state index is 12.5. The first kappa shape index (κ1) is 23.2. The van der Waals surface area contributed by atoms with E-state index in [0.717, 1.165) is 30.0 Å². The van der Waals surface area contributed by atoms with Crippen LogP contribution in [0, 0.1) is 6.92 Å². The summed E-state index contributed by atoms with van der Waals surface area (Å²) in [7, 11) is 0. The van der Waals surface area contributed by atoms with Crippen molar-refractivity contribution in [3.63, 3.8) is 0 Å². The average Bonchev–Trinajstić information content (AvgIpc) is 3.23. The molecule has 0 saturated heterocycles. The molecule has 0 aliphatic carbocycles. The van der Waals surface area contributed by atoms with Gasteiger partial charge in [-0.15, -0.1) is 0 Å². The Morgan fingerprint density at radius 1 is 1.09 bits per heavy atom. The van der Waals surface area contributed by atoms with Crippen molar-refractivity contribution in [2.75, 3.05) is 18.4 Å². The SMILES string of the molecule is CCNC(=O)c1cc(CNCC[C@@H](C)c2ccc(C)o2)cc(NC(=O)c2ccccn2)c1. The molecule has 168 valence electrons. The number of hydrogen-bond acceptors (Lipinski definition) is 5. The summed E-state index contributed by atoms with van der Waals surface area (Å²) in [5.74, 6) is 1.72. The van der Waals surface area contributed by atoms with Crippen molar-refractivity contribution < 1.29 is 14.0 Å². The summed E-state index contributed by atoms with van der Waals surface area (Å²) in [6.07, 6.45) is 2.49. The summed E-state index contributed by atoms with van der Waals surface area (Å²) in [6, 6.07) is 14.5. The van der Waals surface area contributed by atoms with Gasteiger partial charge in [-0.2, -0.15) is 0 Å². The van der Waals surface area contributed by atoms with E-state index in [1.165, 1.54) is 0 Å². The molecule has 7 nitrogen and oxygen atoms in total. The lowest BCUT2D eigenvalue weighted by molar-refractivity contribution is 0.0954. The van der Waals surface area contributed by atoms with Crippen LogP contribution in [0.4, 0.5) is 5.69 Å². The Labute approximate surface area is 188 Å². The third kappa shape index (κ3) is 6.52. The Balaban J connectivity index is 1.65. The molecule has 3 aromatic rings. The number of pyridine rings is 1. The first-order valence-electron chi connectivity index (χ1n) is 10.9. The minimum atomic E-state index is -0.319. The minimum absolute atomic E-state index is 0.176. The molecule has 0 bridgehead atoms. The van der Waals surface area contributed by atoms with Gasteiger partial charge in [0.25, 0.3) is 11.8 Å². The molecule has 0 unspecified atom stereocenters. The average molecular weight is 435 g/mol. The van der Waals surface area contributed by atoms with Gasteiger partial charge in [0.1, 0.15) is 17.2 Å². The minimum Gasteiger partial charge on any atom is -0.466 e. The molecule has 0 aliphatic heterocycles. The zero-order valence-corrected chi connectivity index (χ0v) is 18.8. The van der Waals surface area contributed by atoms with E-state index < -0.39 is 0 Å². The van der Waals surface area contributed by atoms with Crippen molar-refractivity contribution in [3.8, 4) is 0 Å². The highest BCUT2D eigenvalue weighted by Crippen LogP contribution is 2.21. The third-order valence-corrected chi connectivity index (χ3v) is 5.08. The van der Waals surface area contributed by atoms with Crippen molar-refractivity contribution in [1.29, 1.82) is 0 Å². The lowest BCUT2D eigenvalue weighted by Crippen LogP contribution is -2.24. The van der Waals surface area contributed by atoms with Crippen LogP contribution in [-0.4, -0.2) is 29.9 Å². The predicted molar refractivity (Wildman–Crippen MR) is 125 cm³/mol. The number of nitrogens with one attached hydrogen (secondary N) is 3. The second kappa shape index (κ2) is 11.2. The summed E-state index contributed by atoms with van der Waals surface area (Å²) in [6.45, 7) is 7.85. The van der Waals surface area contributed by atoms with E-state index in [1.807, 2.05) is 38.1 Å². The molecule has 1 aromatic carbocycles. The van der Waals surface area contributed by atoms with Crippen LogP contribution < -0.4 is 16.0 Å². The number of amides is 2. The lowest BCUT2D eigenvalue weighted by atomic mass is 10.0. The molecule has 2 heterocycles. The number of benzene rings is 1. The van der Waals surface area contributed by atoms with E-state index in [0.29, 0.717) is 36.0 Å². The molecule has 0 spiro atoms. The van der Waals surface area contributed by atoms with Crippen molar-refractivity contribution in [2.45, 2.75) is 39.7 Å². The Bertz CT molecular complexity index is 1050. The smallest absolute Gasteiger partial charge is 0.274 e.